The minimum atomic E-state index is -1.32. The maximum Gasteiger partial charge on any atom is 0.0914 e. The summed E-state index contributed by atoms with van der Waals surface area (Å²) >= 11 is 0. The molecule has 4 fully saturated rings. The zero-order valence-corrected chi connectivity index (χ0v) is 23.2. The van der Waals surface area contributed by atoms with Crippen LogP contribution in [0.5, 0.6) is 0 Å². The van der Waals surface area contributed by atoms with Gasteiger partial charge < -0.3 is 30.6 Å². The van der Waals surface area contributed by atoms with Gasteiger partial charge in [-0.15, -0.1) is 0 Å². The number of rotatable bonds is 2. The molecule has 0 bridgehead atoms. The van der Waals surface area contributed by atoms with E-state index >= 15 is 0 Å². The van der Waals surface area contributed by atoms with Crippen molar-refractivity contribution in [2.75, 3.05) is 13.2 Å². The van der Waals surface area contributed by atoms with Crippen molar-refractivity contribution in [3.05, 3.63) is 11.6 Å². The molecule has 5 aliphatic rings. The van der Waals surface area contributed by atoms with Gasteiger partial charge in [0, 0.05) is 5.41 Å². The number of hydrogen-bond donors (Lipinski definition) is 6. The van der Waals surface area contributed by atoms with Gasteiger partial charge in [-0.05, 0) is 84.4 Å². The highest BCUT2D eigenvalue weighted by Gasteiger charge is 2.72. The molecule has 6 heteroatoms. The van der Waals surface area contributed by atoms with Gasteiger partial charge in [-0.2, -0.15) is 0 Å². The smallest absolute Gasteiger partial charge is 0.0914 e. The van der Waals surface area contributed by atoms with Crippen molar-refractivity contribution >= 4 is 0 Å². The largest absolute Gasteiger partial charge is 0.396 e. The third kappa shape index (κ3) is 2.95. The second-order valence-corrected chi connectivity index (χ2v) is 15.1. The predicted octanol–water partition coefficient (Wildman–Crippen LogP) is 3.03. The van der Waals surface area contributed by atoms with E-state index in [9.17, 15) is 30.6 Å². The molecule has 0 aromatic heterocycles. The van der Waals surface area contributed by atoms with Gasteiger partial charge in [0.1, 0.15) is 0 Å². The molecule has 0 aromatic carbocycles. The summed E-state index contributed by atoms with van der Waals surface area (Å²) < 4.78 is 0. The minimum Gasteiger partial charge on any atom is -0.396 e. The van der Waals surface area contributed by atoms with Crippen molar-refractivity contribution < 1.29 is 30.6 Å². The van der Waals surface area contributed by atoms with Gasteiger partial charge in [0.15, 0.2) is 0 Å². The standard InChI is InChI=1S/C30H50O6/c1-25(2)19-9-12-28(5)20(27(19,4)11-10-21(25)33)8-7-17-18-13-26(3,15-31)23(35)24(36)30(18,16-32)22(34)14-29(17,28)6/h7,18-24,31-36H,8-16H2,1-6H3. The highest BCUT2D eigenvalue weighted by atomic mass is 16.3. The van der Waals surface area contributed by atoms with Gasteiger partial charge in [0.2, 0.25) is 0 Å². The average Bonchev–Trinajstić information content (AvgIpc) is 2.81. The third-order valence-electron chi connectivity index (χ3n) is 13.6. The van der Waals surface area contributed by atoms with Crippen molar-refractivity contribution in [2.24, 2.45) is 50.2 Å². The molecule has 12 unspecified atom stereocenters. The molecule has 5 aliphatic carbocycles. The Morgan fingerprint density at radius 2 is 1.44 bits per heavy atom. The monoisotopic (exact) mass is 506 g/mol. The van der Waals surface area contributed by atoms with Gasteiger partial charge in [-0.3, -0.25) is 0 Å². The quantitative estimate of drug-likeness (QED) is 0.320. The summed E-state index contributed by atoms with van der Waals surface area (Å²) in [5.41, 5.74) is -1.41. The fourth-order valence-corrected chi connectivity index (χ4v) is 10.9. The molecule has 6 N–H and O–H groups in total. The van der Waals surface area contributed by atoms with Crippen molar-refractivity contribution in [3.63, 3.8) is 0 Å². The normalized spacial score (nSPS) is 58.1. The highest BCUT2D eigenvalue weighted by molar-refractivity contribution is 5.36. The Kier molecular flexibility index (Phi) is 6.03. The minimum absolute atomic E-state index is 0.0825. The lowest BCUT2D eigenvalue weighted by Gasteiger charge is -2.72. The Hall–Kier alpha value is -0.500. The van der Waals surface area contributed by atoms with Crippen LogP contribution in [0.15, 0.2) is 11.6 Å². The van der Waals surface area contributed by atoms with E-state index < -0.39 is 35.7 Å². The van der Waals surface area contributed by atoms with Crippen LogP contribution in [0.2, 0.25) is 0 Å². The van der Waals surface area contributed by atoms with Crippen LogP contribution in [0.4, 0.5) is 0 Å². The number of fused-ring (bicyclic) bond motifs is 7. The second-order valence-electron chi connectivity index (χ2n) is 15.1. The first kappa shape index (κ1) is 27.1. The van der Waals surface area contributed by atoms with E-state index in [0.717, 1.165) is 32.1 Å². The number of aliphatic hydroxyl groups is 6. The van der Waals surface area contributed by atoms with Crippen molar-refractivity contribution in [2.45, 2.75) is 111 Å². The molecule has 0 spiro atoms. The molecular weight excluding hydrogens is 456 g/mol. The summed E-state index contributed by atoms with van der Waals surface area (Å²) in [6, 6.07) is 0. The fourth-order valence-electron chi connectivity index (χ4n) is 10.9. The van der Waals surface area contributed by atoms with Crippen LogP contribution < -0.4 is 0 Å². The first-order valence-electron chi connectivity index (χ1n) is 14.2. The SMILES string of the molecule is CC1(CO)CC2C3=CCC4C5(C)CCC(O)C(C)(C)C5CCC4(C)C3(C)CC(O)C2(CO)C(O)C1O. The molecule has 4 saturated carbocycles. The highest BCUT2D eigenvalue weighted by Crippen LogP contribution is 2.75. The van der Waals surface area contributed by atoms with E-state index in [1.807, 2.05) is 0 Å². The molecule has 6 nitrogen and oxygen atoms in total. The average molecular weight is 507 g/mol. The van der Waals surface area contributed by atoms with Crippen molar-refractivity contribution in [1.82, 2.24) is 0 Å². The second kappa shape index (κ2) is 8.02. The molecule has 12 atom stereocenters. The maximum atomic E-state index is 11.8. The van der Waals surface area contributed by atoms with Gasteiger partial charge in [-0.25, -0.2) is 0 Å². The lowest BCUT2D eigenvalue weighted by molar-refractivity contribution is -0.262. The number of aliphatic hydroxyl groups excluding tert-OH is 6. The van der Waals surface area contributed by atoms with E-state index in [1.165, 1.54) is 5.57 Å². The molecule has 0 radical (unpaired) electrons. The molecule has 36 heavy (non-hydrogen) atoms. The topological polar surface area (TPSA) is 121 Å². The zero-order valence-electron chi connectivity index (χ0n) is 23.2. The van der Waals surface area contributed by atoms with E-state index in [-0.39, 0.29) is 40.3 Å². The van der Waals surface area contributed by atoms with Crippen LogP contribution in [-0.4, -0.2) is 68.3 Å². The van der Waals surface area contributed by atoms with Gasteiger partial charge >= 0.3 is 0 Å². The van der Waals surface area contributed by atoms with E-state index in [2.05, 4.69) is 40.7 Å². The summed E-state index contributed by atoms with van der Waals surface area (Å²) in [4.78, 5) is 0. The zero-order chi connectivity index (χ0) is 26.7. The van der Waals surface area contributed by atoms with Crippen molar-refractivity contribution in [1.29, 1.82) is 0 Å². The number of hydrogen-bond acceptors (Lipinski definition) is 6. The maximum absolute atomic E-state index is 11.8. The van der Waals surface area contributed by atoms with E-state index in [0.29, 0.717) is 24.7 Å². The van der Waals surface area contributed by atoms with Crippen LogP contribution in [0.25, 0.3) is 0 Å². The predicted molar refractivity (Wildman–Crippen MR) is 138 cm³/mol. The Bertz CT molecular complexity index is 932. The molecule has 0 saturated heterocycles. The number of allylic oxidation sites excluding steroid dienone is 2. The lowest BCUT2D eigenvalue weighted by atomic mass is 9.33. The van der Waals surface area contributed by atoms with Gasteiger partial charge in [0.25, 0.3) is 0 Å². The summed E-state index contributed by atoms with van der Waals surface area (Å²) in [5.74, 6) is 0.515. The van der Waals surface area contributed by atoms with Gasteiger partial charge in [-0.1, -0.05) is 53.2 Å². The molecule has 0 heterocycles. The summed E-state index contributed by atoms with van der Waals surface area (Å²) in [6.45, 7) is 12.7. The molecule has 0 amide bonds. The summed E-state index contributed by atoms with van der Waals surface area (Å²) in [5, 5.41) is 66.0. The van der Waals surface area contributed by atoms with Crippen LogP contribution >= 0.6 is 0 Å². The molecule has 0 aliphatic heterocycles. The van der Waals surface area contributed by atoms with Crippen LogP contribution in [0.3, 0.4) is 0 Å². The molecule has 206 valence electrons. The van der Waals surface area contributed by atoms with Crippen LogP contribution in [0.1, 0.15) is 86.5 Å². The van der Waals surface area contributed by atoms with Crippen LogP contribution in [-0.2, 0) is 0 Å². The Labute approximate surface area is 216 Å². The molecule has 5 rings (SSSR count). The van der Waals surface area contributed by atoms with Gasteiger partial charge in [0.05, 0.1) is 43.0 Å². The summed E-state index contributed by atoms with van der Waals surface area (Å²) in [7, 11) is 0. The molecule has 0 aromatic rings. The Morgan fingerprint density at radius 1 is 0.778 bits per heavy atom. The first-order chi connectivity index (χ1) is 16.6. The fraction of sp³-hybridized carbons (Fsp3) is 0.933. The Morgan fingerprint density at radius 3 is 2.06 bits per heavy atom. The summed E-state index contributed by atoms with van der Waals surface area (Å²) in [6.07, 6.45) is 4.20. The molecular formula is C30H50O6. The van der Waals surface area contributed by atoms with Crippen molar-refractivity contribution in [3.8, 4) is 0 Å². The van der Waals surface area contributed by atoms with E-state index in [1.54, 1.807) is 6.92 Å². The first-order valence-corrected chi connectivity index (χ1v) is 14.2. The lowest BCUT2D eigenvalue weighted by Crippen LogP contribution is -2.72. The Balaban J connectivity index is 1.63. The van der Waals surface area contributed by atoms with E-state index in [4.69, 9.17) is 0 Å². The third-order valence-corrected chi connectivity index (χ3v) is 13.6. The van der Waals surface area contributed by atoms with Crippen LogP contribution in [0, 0.1) is 50.2 Å².